The summed E-state index contributed by atoms with van der Waals surface area (Å²) in [4.78, 5) is 25.0. The summed E-state index contributed by atoms with van der Waals surface area (Å²) in [5, 5.41) is 2.58. The predicted octanol–water partition coefficient (Wildman–Crippen LogP) is 3.71. The highest BCUT2D eigenvalue weighted by Crippen LogP contribution is 2.31. The molecular formula is C18H17F3N2O3. The second kappa shape index (κ2) is 7.90. The third-order valence-electron chi connectivity index (χ3n) is 3.54. The lowest BCUT2D eigenvalue weighted by atomic mass is 10.1. The van der Waals surface area contributed by atoms with Crippen LogP contribution in [0, 0.1) is 0 Å². The van der Waals surface area contributed by atoms with E-state index in [4.69, 9.17) is 4.74 Å². The third kappa shape index (κ3) is 4.98. The van der Waals surface area contributed by atoms with Gasteiger partial charge in [0.15, 0.2) is 0 Å². The third-order valence-corrected chi connectivity index (χ3v) is 3.54. The van der Waals surface area contributed by atoms with Crippen LogP contribution in [0.2, 0.25) is 0 Å². The number of methoxy groups -OCH3 is 1. The van der Waals surface area contributed by atoms with E-state index < -0.39 is 30.1 Å². The molecule has 0 spiro atoms. The van der Waals surface area contributed by atoms with Crippen molar-refractivity contribution < 1.29 is 27.5 Å². The van der Waals surface area contributed by atoms with E-state index in [2.05, 4.69) is 5.32 Å². The molecule has 5 nitrogen and oxygen atoms in total. The van der Waals surface area contributed by atoms with Crippen molar-refractivity contribution in [3.8, 4) is 5.75 Å². The van der Waals surface area contributed by atoms with Gasteiger partial charge in [-0.25, -0.2) is 0 Å². The van der Waals surface area contributed by atoms with Gasteiger partial charge in [-0.1, -0.05) is 6.07 Å². The number of rotatable bonds is 5. The summed E-state index contributed by atoms with van der Waals surface area (Å²) in [6.45, 7) is 0.767. The number of carbonyl (C=O) groups excluding carboxylic acids is 2. The standard InChI is InChI=1S/C18H17F3N2O3/c1-12(24)23(15-5-3-4-13(10-15)18(19,20)21)11-17(25)22-14-6-8-16(26-2)9-7-14/h3-10H,11H2,1-2H3,(H,22,25). The molecule has 2 aromatic carbocycles. The first kappa shape index (κ1) is 19.3. The molecule has 138 valence electrons. The monoisotopic (exact) mass is 366 g/mol. The van der Waals surface area contributed by atoms with Crippen LogP contribution >= 0.6 is 0 Å². The Labute approximate surface area is 148 Å². The van der Waals surface area contributed by atoms with Crippen LogP contribution in [0.5, 0.6) is 5.75 Å². The van der Waals surface area contributed by atoms with Crippen LogP contribution < -0.4 is 15.0 Å². The first-order valence-electron chi connectivity index (χ1n) is 7.60. The first-order valence-corrected chi connectivity index (χ1v) is 7.60. The number of hydrogen-bond donors (Lipinski definition) is 1. The number of anilines is 2. The average Bonchev–Trinajstić information content (AvgIpc) is 2.59. The quantitative estimate of drug-likeness (QED) is 0.878. The van der Waals surface area contributed by atoms with Crippen molar-refractivity contribution in [3.63, 3.8) is 0 Å². The molecule has 2 rings (SSSR count). The Morgan fingerprint density at radius 1 is 1.12 bits per heavy atom. The summed E-state index contributed by atoms with van der Waals surface area (Å²) in [6.07, 6.45) is -4.54. The molecule has 0 fully saturated rings. The topological polar surface area (TPSA) is 58.6 Å². The zero-order chi connectivity index (χ0) is 19.3. The Bertz CT molecular complexity index is 789. The number of ether oxygens (including phenoxy) is 1. The number of carbonyl (C=O) groups is 2. The maximum atomic E-state index is 12.9. The lowest BCUT2D eigenvalue weighted by Gasteiger charge is -2.21. The van der Waals surface area contributed by atoms with E-state index in [1.807, 2.05) is 0 Å². The van der Waals surface area contributed by atoms with Gasteiger partial charge in [0.1, 0.15) is 12.3 Å². The van der Waals surface area contributed by atoms with Gasteiger partial charge in [0.05, 0.1) is 12.7 Å². The molecule has 8 heteroatoms. The van der Waals surface area contributed by atoms with Crippen molar-refractivity contribution >= 4 is 23.2 Å². The van der Waals surface area contributed by atoms with Crippen LogP contribution in [-0.2, 0) is 15.8 Å². The van der Waals surface area contributed by atoms with Crippen molar-refractivity contribution in [3.05, 3.63) is 54.1 Å². The largest absolute Gasteiger partial charge is 0.497 e. The van der Waals surface area contributed by atoms with Gasteiger partial charge >= 0.3 is 6.18 Å². The molecule has 0 bridgehead atoms. The fourth-order valence-corrected chi connectivity index (χ4v) is 2.25. The molecule has 0 aromatic heterocycles. The highest BCUT2D eigenvalue weighted by Gasteiger charge is 2.31. The Balaban J connectivity index is 2.15. The molecule has 0 heterocycles. The fourth-order valence-electron chi connectivity index (χ4n) is 2.25. The summed E-state index contributed by atoms with van der Waals surface area (Å²) in [6, 6.07) is 10.8. The minimum Gasteiger partial charge on any atom is -0.497 e. The molecule has 0 radical (unpaired) electrons. The summed E-state index contributed by atoms with van der Waals surface area (Å²) in [5.74, 6) is -0.477. The number of nitrogens with one attached hydrogen (secondary N) is 1. The Morgan fingerprint density at radius 2 is 1.77 bits per heavy atom. The van der Waals surface area contributed by atoms with E-state index in [0.29, 0.717) is 11.4 Å². The van der Waals surface area contributed by atoms with Crippen molar-refractivity contribution in [2.24, 2.45) is 0 Å². The number of alkyl halides is 3. The van der Waals surface area contributed by atoms with Crippen molar-refractivity contribution in [2.45, 2.75) is 13.1 Å². The lowest BCUT2D eigenvalue weighted by molar-refractivity contribution is -0.137. The van der Waals surface area contributed by atoms with Crippen LogP contribution in [0.3, 0.4) is 0 Å². The van der Waals surface area contributed by atoms with Crippen molar-refractivity contribution in [1.29, 1.82) is 0 Å². The van der Waals surface area contributed by atoms with E-state index in [9.17, 15) is 22.8 Å². The minimum atomic E-state index is -4.54. The molecular weight excluding hydrogens is 349 g/mol. The Kier molecular flexibility index (Phi) is 5.86. The van der Waals surface area contributed by atoms with Crippen LogP contribution in [0.1, 0.15) is 12.5 Å². The zero-order valence-corrected chi connectivity index (χ0v) is 14.1. The molecule has 0 saturated heterocycles. The summed E-state index contributed by atoms with van der Waals surface area (Å²) < 4.78 is 43.6. The van der Waals surface area contributed by atoms with E-state index >= 15 is 0 Å². The SMILES string of the molecule is COc1ccc(NC(=O)CN(C(C)=O)c2cccc(C(F)(F)F)c2)cc1. The molecule has 0 saturated carbocycles. The zero-order valence-electron chi connectivity index (χ0n) is 14.1. The van der Waals surface area contributed by atoms with Crippen LogP contribution in [0.25, 0.3) is 0 Å². The highest BCUT2D eigenvalue weighted by molar-refractivity contribution is 6.01. The number of nitrogens with zero attached hydrogens (tertiary/aromatic N) is 1. The first-order chi connectivity index (χ1) is 12.2. The summed E-state index contributed by atoms with van der Waals surface area (Å²) in [7, 11) is 1.51. The number of halogens is 3. The molecule has 0 aliphatic heterocycles. The summed E-state index contributed by atoms with van der Waals surface area (Å²) >= 11 is 0. The number of hydrogen-bond acceptors (Lipinski definition) is 3. The van der Waals surface area contributed by atoms with Crippen LogP contribution in [0.4, 0.5) is 24.5 Å². The summed E-state index contributed by atoms with van der Waals surface area (Å²) in [5.41, 5.74) is -0.419. The minimum absolute atomic E-state index is 0.00259. The van der Waals surface area contributed by atoms with E-state index in [1.54, 1.807) is 24.3 Å². The van der Waals surface area contributed by atoms with E-state index in [0.717, 1.165) is 17.0 Å². The molecule has 0 aliphatic carbocycles. The van der Waals surface area contributed by atoms with Gasteiger partial charge in [0.2, 0.25) is 11.8 Å². The molecule has 2 aromatic rings. The molecule has 26 heavy (non-hydrogen) atoms. The van der Waals surface area contributed by atoms with Crippen molar-refractivity contribution in [2.75, 3.05) is 23.9 Å². The van der Waals surface area contributed by atoms with Gasteiger partial charge in [-0.05, 0) is 42.5 Å². The van der Waals surface area contributed by atoms with Gasteiger partial charge in [0, 0.05) is 18.3 Å². The fraction of sp³-hybridized carbons (Fsp3) is 0.222. The van der Waals surface area contributed by atoms with Gasteiger partial charge in [-0.2, -0.15) is 13.2 Å². The normalized spacial score (nSPS) is 11.0. The van der Waals surface area contributed by atoms with Crippen LogP contribution in [0.15, 0.2) is 48.5 Å². The highest BCUT2D eigenvalue weighted by atomic mass is 19.4. The molecule has 2 amide bonds. The van der Waals surface area contributed by atoms with Gasteiger partial charge in [-0.15, -0.1) is 0 Å². The molecule has 0 unspecified atom stereocenters. The van der Waals surface area contributed by atoms with Crippen molar-refractivity contribution in [1.82, 2.24) is 0 Å². The Morgan fingerprint density at radius 3 is 2.31 bits per heavy atom. The predicted molar refractivity (Wildman–Crippen MR) is 91.1 cm³/mol. The van der Waals surface area contributed by atoms with E-state index in [1.165, 1.54) is 26.2 Å². The van der Waals surface area contributed by atoms with Gasteiger partial charge in [-0.3, -0.25) is 9.59 Å². The smallest absolute Gasteiger partial charge is 0.416 e. The second-order valence-corrected chi connectivity index (χ2v) is 5.43. The molecule has 0 atom stereocenters. The maximum absolute atomic E-state index is 12.9. The molecule has 0 aliphatic rings. The molecule has 1 N–H and O–H groups in total. The number of amides is 2. The maximum Gasteiger partial charge on any atom is 0.416 e. The Hall–Kier alpha value is -3.03. The van der Waals surface area contributed by atoms with Gasteiger partial charge in [0.25, 0.3) is 0 Å². The average molecular weight is 366 g/mol. The van der Waals surface area contributed by atoms with E-state index in [-0.39, 0.29) is 5.69 Å². The lowest BCUT2D eigenvalue weighted by Crippen LogP contribution is -2.36. The second-order valence-electron chi connectivity index (χ2n) is 5.43. The van der Waals surface area contributed by atoms with Crippen LogP contribution in [-0.4, -0.2) is 25.5 Å². The van der Waals surface area contributed by atoms with Gasteiger partial charge < -0.3 is 15.0 Å². The number of benzene rings is 2.